The molecule has 2 aliphatic heterocycles. The van der Waals surface area contributed by atoms with Crippen LogP contribution in [0.1, 0.15) is 58.1 Å². The number of rotatable bonds is 4. The van der Waals surface area contributed by atoms with Crippen LogP contribution in [0.15, 0.2) is 91.0 Å². The summed E-state index contributed by atoms with van der Waals surface area (Å²) in [6, 6.07) is 26.5. The number of carbonyl (C=O) groups is 4. The monoisotopic (exact) mass is 592 g/mol. The van der Waals surface area contributed by atoms with E-state index in [2.05, 4.69) is 0 Å². The van der Waals surface area contributed by atoms with Crippen molar-refractivity contribution in [3.05, 3.63) is 130 Å². The number of fused-ring (bicyclic) bond motifs is 2. The number of aryl methyl sites for hydroxylation is 3. The Kier molecular flexibility index (Phi) is 6.19. The number of hydrogen-bond acceptors (Lipinski definition) is 6. The Morgan fingerprint density at radius 3 is 1.33 bits per heavy atom. The van der Waals surface area contributed by atoms with Gasteiger partial charge in [0.05, 0.1) is 33.6 Å². The van der Waals surface area contributed by atoms with E-state index in [4.69, 9.17) is 11.5 Å². The van der Waals surface area contributed by atoms with Crippen molar-refractivity contribution in [3.63, 3.8) is 0 Å². The number of carbonyl (C=O) groups excluding carboxylic acids is 4. The highest BCUT2D eigenvalue weighted by Gasteiger charge is 2.40. The van der Waals surface area contributed by atoms with Crippen LogP contribution in [0.2, 0.25) is 0 Å². The Morgan fingerprint density at radius 2 is 0.844 bits per heavy atom. The Bertz CT molecular complexity index is 2170. The molecule has 0 spiro atoms. The molecular formula is C37H28N4O4. The molecule has 5 aromatic carbocycles. The minimum absolute atomic E-state index is 0.307. The second kappa shape index (κ2) is 10.0. The molecule has 0 bridgehead atoms. The van der Waals surface area contributed by atoms with Crippen molar-refractivity contribution in [3.8, 4) is 22.3 Å². The first-order valence-corrected chi connectivity index (χ1v) is 14.4. The van der Waals surface area contributed by atoms with Gasteiger partial charge in [0.25, 0.3) is 23.6 Å². The van der Waals surface area contributed by atoms with Crippen LogP contribution in [-0.4, -0.2) is 23.6 Å². The second-order valence-corrected chi connectivity index (χ2v) is 11.5. The van der Waals surface area contributed by atoms with E-state index in [1.807, 2.05) is 62.4 Å². The van der Waals surface area contributed by atoms with Crippen LogP contribution < -0.4 is 21.3 Å². The smallest absolute Gasteiger partial charge is 0.266 e. The van der Waals surface area contributed by atoms with Crippen molar-refractivity contribution in [2.24, 2.45) is 0 Å². The van der Waals surface area contributed by atoms with E-state index in [9.17, 15) is 19.2 Å². The van der Waals surface area contributed by atoms with Crippen LogP contribution in [-0.2, 0) is 0 Å². The van der Waals surface area contributed by atoms with Gasteiger partial charge in [-0.15, -0.1) is 0 Å². The molecule has 0 saturated heterocycles. The van der Waals surface area contributed by atoms with E-state index in [1.165, 1.54) is 0 Å². The number of hydrogen-bond donors (Lipinski definition) is 2. The molecule has 0 aromatic heterocycles. The molecule has 7 rings (SSSR count). The molecule has 0 aliphatic carbocycles. The lowest BCUT2D eigenvalue weighted by Crippen LogP contribution is -2.31. The first-order valence-electron chi connectivity index (χ1n) is 14.4. The topological polar surface area (TPSA) is 127 Å². The average Bonchev–Trinajstić information content (AvgIpc) is 3.43. The number of benzene rings is 5. The van der Waals surface area contributed by atoms with Gasteiger partial charge in [-0.25, -0.2) is 9.80 Å². The van der Waals surface area contributed by atoms with Crippen molar-refractivity contribution in [2.45, 2.75) is 20.8 Å². The van der Waals surface area contributed by atoms with Gasteiger partial charge in [-0.05, 0) is 126 Å². The maximum absolute atomic E-state index is 13.6. The predicted octanol–water partition coefficient (Wildman–Crippen LogP) is 6.71. The summed E-state index contributed by atoms with van der Waals surface area (Å²) < 4.78 is 0. The predicted molar refractivity (Wildman–Crippen MR) is 176 cm³/mol. The molecule has 8 heteroatoms. The third-order valence-corrected chi connectivity index (χ3v) is 8.66. The lowest BCUT2D eigenvalue weighted by atomic mass is 9.98. The molecule has 0 saturated carbocycles. The zero-order valence-corrected chi connectivity index (χ0v) is 24.8. The minimum atomic E-state index is -0.442. The molecular weight excluding hydrogens is 564 g/mol. The molecule has 0 unspecified atom stereocenters. The van der Waals surface area contributed by atoms with Crippen molar-refractivity contribution in [1.82, 2.24) is 0 Å². The van der Waals surface area contributed by atoms with Gasteiger partial charge in [-0.1, -0.05) is 24.3 Å². The molecule has 45 heavy (non-hydrogen) atoms. The summed E-state index contributed by atoms with van der Waals surface area (Å²) in [5, 5.41) is 0. The van der Waals surface area contributed by atoms with E-state index < -0.39 is 23.6 Å². The maximum Gasteiger partial charge on any atom is 0.266 e. The van der Waals surface area contributed by atoms with Gasteiger partial charge >= 0.3 is 0 Å². The summed E-state index contributed by atoms with van der Waals surface area (Å²) in [5.74, 6) is -1.75. The Balaban J connectivity index is 1.18. The molecule has 2 aliphatic rings. The minimum Gasteiger partial charge on any atom is -0.399 e. The van der Waals surface area contributed by atoms with E-state index in [0.717, 1.165) is 43.2 Å². The van der Waals surface area contributed by atoms with E-state index >= 15 is 0 Å². The van der Waals surface area contributed by atoms with Crippen LogP contribution in [0.5, 0.6) is 0 Å². The van der Waals surface area contributed by atoms with Gasteiger partial charge in [0.1, 0.15) is 0 Å². The van der Waals surface area contributed by atoms with Crippen molar-refractivity contribution in [1.29, 1.82) is 0 Å². The Labute approximate surface area is 259 Å². The van der Waals surface area contributed by atoms with Crippen LogP contribution in [0.4, 0.5) is 22.7 Å². The van der Waals surface area contributed by atoms with Crippen LogP contribution in [0.25, 0.3) is 22.3 Å². The van der Waals surface area contributed by atoms with E-state index in [-0.39, 0.29) is 0 Å². The molecule has 4 amide bonds. The number of amides is 4. The summed E-state index contributed by atoms with van der Waals surface area (Å²) in [5.41, 5.74) is 21.0. The molecule has 0 fully saturated rings. The highest BCUT2D eigenvalue weighted by molar-refractivity contribution is 6.36. The van der Waals surface area contributed by atoms with Crippen LogP contribution in [0, 0.1) is 20.8 Å². The number of nitrogen functional groups attached to an aromatic ring is 2. The van der Waals surface area contributed by atoms with Crippen molar-refractivity contribution in [2.75, 3.05) is 21.3 Å². The zero-order valence-electron chi connectivity index (χ0n) is 24.8. The zero-order chi connectivity index (χ0) is 31.7. The fourth-order valence-electron chi connectivity index (χ4n) is 6.03. The fourth-order valence-corrected chi connectivity index (χ4v) is 6.03. The van der Waals surface area contributed by atoms with Gasteiger partial charge in [0.2, 0.25) is 0 Å². The largest absolute Gasteiger partial charge is 0.399 e. The summed E-state index contributed by atoms with van der Waals surface area (Å²) >= 11 is 0. The van der Waals surface area contributed by atoms with Crippen molar-refractivity contribution >= 4 is 46.4 Å². The molecule has 2 heterocycles. The van der Waals surface area contributed by atoms with Gasteiger partial charge in [0.15, 0.2) is 0 Å². The highest BCUT2D eigenvalue weighted by atomic mass is 16.2. The number of imide groups is 2. The first kappa shape index (κ1) is 27.8. The quantitative estimate of drug-likeness (QED) is 0.176. The van der Waals surface area contributed by atoms with E-state index in [0.29, 0.717) is 50.6 Å². The molecule has 220 valence electrons. The summed E-state index contributed by atoms with van der Waals surface area (Å²) in [6.07, 6.45) is 0. The third-order valence-electron chi connectivity index (χ3n) is 8.66. The Hall–Kier alpha value is -6.02. The SMILES string of the molecule is Cc1cc(-c2ccc3c(c2)C(=O)N(c2ccc(N4C(=O)c5ccc(-c6ccc(N)c(C)c6)cc5C4=O)c(C)c2)C3=O)ccc1N. The van der Waals surface area contributed by atoms with Gasteiger partial charge in [-0.2, -0.15) is 0 Å². The lowest BCUT2D eigenvalue weighted by Gasteiger charge is -2.20. The fraction of sp³-hybridized carbons (Fsp3) is 0.0811. The molecule has 4 N–H and O–H groups in total. The lowest BCUT2D eigenvalue weighted by molar-refractivity contribution is 0.0909. The summed E-state index contributed by atoms with van der Waals surface area (Å²) in [4.78, 5) is 56.3. The summed E-state index contributed by atoms with van der Waals surface area (Å²) in [6.45, 7) is 5.57. The summed E-state index contributed by atoms with van der Waals surface area (Å²) in [7, 11) is 0. The maximum atomic E-state index is 13.6. The molecule has 0 atom stereocenters. The molecule has 8 nitrogen and oxygen atoms in total. The standard InChI is InChI=1S/C37H28N4O4/c1-19-14-22(6-11-31(19)38)24-4-9-27-29(17-24)36(44)40(34(27)42)26-8-13-33(21(3)16-26)41-35(43)28-10-5-25(18-30(28)37(41)45)23-7-12-32(39)20(2)15-23/h4-18H,38-39H2,1-3H3. The first-order chi connectivity index (χ1) is 21.5. The molecule has 0 radical (unpaired) electrons. The van der Waals surface area contributed by atoms with Crippen LogP contribution >= 0.6 is 0 Å². The third kappa shape index (κ3) is 4.30. The second-order valence-electron chi connectivity index (χ2n) is 11.5. The normalized spacial score (nSPS) is 13.9. The Morgan fingerprint density at radius 1 is 0.422 bits per heavy atom. The van der Waals surface area contributed by atoms with Crippen molar-refractivity contribution < 1.29 is 19.2 Å². The number of nitrogens with zero attached hydrogens (tertiary/aromatic N) is 2. The highest BCUT2D eigenvalue weighted by Crippen LogP contribution is 2.37. The average molecular weight is 593 g/mol. The molecule has 5 aromatic rings. The van der Waals surface area contributed by atoms with Gasteiger partial charge < -0.3 is 11.5 Å². The number of nitrogens with two attached hydrogens (primary N) is 2. The van der Waals surface area contributed by atoms with Gasteiger partial charge in [0, 0.05) is 11.4 Å². The number of anilines is 4. The van der Waals surface area contributed by atoms with E-state index in [1.54, 1.807) is 49.4 Å². The van der Waals surface area contributed by atoms with Gasteiger partial charge in [-0.3, -0.25) is 19.2 Å². The van der Waals surface area contributed by atoms with Crippen LogP contribution in [0.3, 0.4) is 0 Å².